The third kappa shape index (κ3) is 3.19. The van der Waals surface area contributed by atoms with Crippen LogP contribution in [-0.2, 0) is 4.79 Å². The number of halogens is 5. The molecule has 0 aromatic heterocycles. The average Bonchev–Trinajstić information content (AvgIpc) is 2.96. The smallest absolute Gasteiger partial charge is 0.281 e. The molecular weight excluding hydrogens is 403 g/mol. The Kier molecular flexibility index (Phi) is 5.32. The lowest BCUT2D eigenvalue weighted by Gasteiger charge is -2.17. The summed E-state index contributed by atoms with van der Waals surface area (Å²) >= 11 is 5.08. The maximum absolute atomic E-state index is 13.9. The van der Waals surface area contributed by atoms with E-state index in [-0.39, 0.29) is 10.8 Å². The molecule has 0 radical (unpaired) electrons. The van der Waals surface area contributed by atoms with Gasteiger partial charge in [0.1, 0.15) is 11.4 Å². The molecule has 0 saturated carbocycles. The van der Waals surface area contributed by atoms with Crippen LogP contribution in [-0.4, -0.2) is 17.6 Å². The van der Waals surface area contributed by atoms with Crippen molar-refractivity contribution in [2.24, 2.45) is 0 Å². The Morgan fingerprint density at radius 1 is 1.04 bits per heavy atom. The van der Waals surface area contributed by atoms with Crippen LogP contribution in [0.1, 0.15) is 12.5 Å². The van der Waals surface area contributed by atoms with Gasteiger partial charge in [-0.1, -0.05) is 12.1 Å². The fourth-order valence-electron chi connectivity index (χ4n) is 2.57. The second kappa shape index (κ2) is 7.55. The third-order valence-electron chi connectivity index (χ3n) is 3.82. The van der Waals surface area contributed by atoms with Crippen molar-refractivity contribution in [2.45, 2.75) is 6.92 Å². The van der Waals surface area contributed by atoms with E-state index in [0.717, 1.165) is 4.90 Å². The molecule has 0 bridgehead atoms. The van der Waals surface area contributed by atoms with Crippen LogP contribution >= 0.6 is 12.2 Å². The second-order valence-electron chi connectivity index (χ2n) is 5.51. The minimum absolute atomic E-state index is 0.146. The van der Waals surface area contributed by atoms with Gasteiger partial charge in [0, 0.05) is 0 Å². The summed E-state index contributed by atoms with van der Waals surface area (Å²) in [6.07, 6.45) is 0.522. The van der Waals surface area contributed by atoms with Crippen LogP contribution < -0.4 is 15.0 Å². The van der Waals surface area contributed by atoms with Gasteiger partial charge < -0.3 is 10.1 Å². The minimum atomic E-state index is -2.29. The van der Waals surface area contributed by atoms with Crippen molar-refractivity contribution in [3.8, 4) is 5.75 Å². The van der Waals surface area contributed by atoms with Gasteiger partial charge >= 0.3 is 0 Å². The molecule has 146 valence electrons. The maximum atomic E-state index is 13.9. The Morgan fingerprint density at radius 3 is 2.21 bits per heavy atom. The summed E-state index contributed by atoms with van der Waals surface area (Å²) in [5.41, 5.74) is -1.46. The van der Waals surface area contributed by atoms with E-state index in [0.29, 0.717) is 18.4 Å². The number of ether oxygens (including phenoxy) is 1. The monoisotopic (exact) mass is 414 g/mol. The molecule has 1 amide bonds. The molecule has 1 saturated heterocycles. The predicted molar refractivity (Wildman–Crippen MR) is 95.0 cm³/mol. The molecule has 0 unspecified atom stereocenters. The van der Waals surface area contributed by atoms with Crippen LogP contribution in [0.3, 0.4) is 0 Å². The molecular formula is C18H11F5N2O2S. The molecule has 3 rings (SSSR count). The highest BCUT2D eigenvalue weighted by molar-refractivity contribution is 7.80. The van der Waals surface area contributed by atoms with Gasteiger partial charge in [0.25, 0.3) is 5.91 Å². The molecule has 2 aromatic rings. The van der Waals surface area contributed by atoms with Crippen LogP contribution in [0.25, 0.3) is 6.08 Å². The Morgan fingerprint density at radius 2 is 1.61 bits per heavy atom. The summed E-state index contributed by atoms with van der Waals surface area (Å²) in [5.74, 6) is -11.2. The van der Waals surface area contributed by atoms with Gasteiger partial charge in [-0.3, -0.25) is 4.79 Å². The first-order valence-corrected chi connectivity index (χ1v) is 8.29. The topological polar surface area (TPSA) is 41.6 Å². The van der Waals surface area contributed by atoms with Crippen LogP contribution in [0.15, 0.2) is 30.0 Å². The van der Waals surface area contributed by atoms with E-state index in [4.69, 9.17) is 17.0 Å². The number of hydrogen-bond acceptors (Lipinski definition) is 3. The SMILES string of the molecule is CCOc1ccccc1N1C(=O)/C(=C\c2c(F)c(F)c(F)c(F)c2F)NC1=S. The maximum Gasteiger partial charge on any atom is 0.281 e. The predicted octanol–water partition coefficient (Wildman–Crippen LogP) is 4.04. The molecule has 4 nitrogen and oxygen atoms in total. The van der Waals surface area contributed by atoms with Crippen molar-refractivity contribution in [3.63, 3.8) is 0 Å². The number of nitrogens with zero attached hydrogens (tertiary/aromatic N) is 1. The summed E-state index contributed by atoms with van der Waals surface area (Å²) < 4.78 is 73.1. The number of para-hydroxylation sites is 2. The summed E-state index contributed by atoms with van der Waals surface area (Å²) in [6.45, 7) is 2.03. The van der Waals surface area contributed by atoms with E-state index in [9.17, 15) is 26.7 Å². The first kappa shape index (κ1) is 19.7. The van der Waals surface area contributed by atoms with E-state index >= 15 is 0 Å². The summed E-state index contributed by atoms with van der Waals surface area (Å²) in [5, 5.41) is 2.27. The Balaban J connectivity index is 2.07. The quantitative estimate of drug-likeness (QED) is 0.270. The van der Waals surface area contributed by atoms with Crippen LogP contribution in [0.5, 0.6) is 5.75 Å². The number of nitrogens with one attached hydrogen (secondary N) is 1. The minimum Gasteiger partial charge on any atom is -0.492 e. The number of rotatable bonds is 4. The van der Waals surface area contributed by atoms with Crippen molar-refractivity contribution >= 4 is 35.0 Å². The lowest BCUT2D eigenvalue weighted by molar-refractivity contribution is -0.113. The fourth-order valence-corrected chi connectivity index (χ4v) is 2.86. The van der Waals surface area contributed by atoms with E-state index in [1.165, 1.54) is 6.07 Å². The van der Waals surface area contributed by atoms with Gasteiger partial charge in [0.05, 0.1) is 17.9 Å². The van der Waals surface area contributed by atoms with Gasteiger partial charge in [0.15, 0.2) is 28.4 Å². The zero-order valence-electron chi connectivity index (χ0n) is 14.2. The van der Waals surface area contributed by atoms with E-state index in [1.807, 2.05) is 0 Å². The molecule has 1 aliphatic heterocycles. The number of carbonyl (C=O) groups excluding carboxylic acids is 1. The highest BCUT2D eigenvalue weighted by Gasteiger charge is 2.35. The molecule has 2 aromatic carbocycles. The fraction of sp³-hybridized carbons (Fsp3) is 0.111. The first-order chi connectivity index (χ1) is 13.3. The van der Waals surface area contributed by atoms with Crippen LogP contribution in [0, 0.1) is 29.1 Å². The molecule has 10 heteroatoms. The van der Waals surface area contributed by atoms with Gasteiger partial charge in [-0.05, 0) is 37.4 Å². The highest BCUT2D eigenvalue weighted by Crippen LogP contribution is 2.32. The van der Waals surface area contributed by atoms with E-state index in [1.54, 1.807) is 25.1 Å². The van der Waals surface area contributed by atoms with Crippen molar-refractivity contribution in [3.05, 3.63) is 64.6 Å². The first-order valence-electron chi connectivity index (χ1n) is 7.88. The Bertz CT molecular complexity index is 996. The highest BCUT2D eigenvalue weighted by atomic mass is 32.1. The third-order valence-corrected chi connectivity index (χ3v) is 4.10. The Hall–Kier alpha value is -3.01. The number of hydrogen-bond donors (Lipinski definition) is 1. The zero-order valence-corrected chi connectivity index (χ0v) is 15.0. The normalized spacial score (nSPS) is 15.4. The zero-order chi connectivity index (χ0) is 20.6. The molecule has 0 aliphatic carbocycles. The second-order valence-corrected chi connectivity index (χ2v) is 5.90. The van der Waals surface area contributed by atoms with Crippen molar-refractivity contribution < 1.29 is 31.5 Å². The number of amides is 1. The summed E-state index contributed by atoms with van der Waals surface area (Å²) in [4.78, 5) is 13.7. The van der Waals surface area contributed by atoms with Gasteiger partial charge in [-0.2, -0.15) is 0 Å². The van der Waals surface area contributed by atoms with Crippen molar-refractivity contribution in [1.29, 1.82) is 0 Å². The van der Waals surface area contributed by atoms with Gasteiger partial charge in [0.2, 0.25) is 5.82 Å². The van der Waals surface area contributed by atoms with Crippen molar-refractivity contribution in [2.75, 3.05) is 11.5 Å². The molecule has 1 fully saturated rings. The van der Waals surface area contributed by atoms with Crippen LogP contribution in [0.4, 0.5) is 27.6 Å². The lowest BCUT2D eigenvalue weighted by atomic mass is 10.1. The lowest BCUT2D eigenvalue weighted by Crippen LogP contribution is -2.30. The van der Waals surface area contributed by atoms with E-state index < -0.39 is 46.3 Å². The summed E-state index contributed by atoms with van der Waals surface area (Å²) in [6, 6.07) is 6.38. The number of carbonyl (C=O) groups is 1. The largest absolute Gasteiger partial charge is 0.492 e. The molecule has 1 heterocycles. The average molecular weight is 414 g/mol. The number of benzene rings is 2. The summed E-state index contributed by atoms with van der Waals surface area (Å²) in [7, 11) is 0. The number of anilines is 1. The molecule has 0 spiro atoms. The van der Waals surface area contributed by atoms with Gasteiger partial charge in [-0.25, -0.2) is 26.9 Å². The van der Waals surface area contributed by atoms with Gasteiger partial charge in [-0.15, -0.1) is 0 Å². The number of thiocarbonyl (C=S) groups is 1. The van der Waals surface area contributed by atoms with Crippen molar-refractivity contribution in [1.82, 2.24) is 5.32 Å². The standard InChI is InChI=1S/C18H11F5N2O2S/c1-2-27-11-6-4-3-5-10(11)25-17(26)9(24-18(25)28)7-8-12(19)14(21)16(23)15(22)13(8)20/h3-7H,2H2,1H3,(H,24,28)/b9-7+. The molecule has 1 aliphatic rings. The van der Waals surface area contributed by atoms with E-state index in [2.05, 4.69) is 5.32 Å². The molecule has 28 heavy (non-hydrogen) atoms. The molecule has 0 atom stereocenters. The Labute approximate surface area is 161 Å². The molecule has 1 N–H and O–H groups in total. The van der Waals surface area contributed by atoms with Crippen LogP contribution in [0.2, 0.25) is 0 Å².